The fourth-order valence-electron chi connectivity index (χ4n) is 3.36. The quantitative estimate of drug-likeness (QED) is 0.736. The SMILES string of the molecule is CCOC(=O)C1=C(C)N=C2SCCCN2C1c1ccc(NC(=O)COC)cc1. The Morgan fingerprint density at radius 3 is 2.75 bits per heavy atom. The maximum Gasteiger partial charge on any atom is 0.338 e. The van der Waals surface area contributed by atoms with E-state index in [4.69, 9.17) is 9.47 Å². The van der Waals surface area contributed by atoms with Gasteiger partial charge in [-0.2, -0.15) is 0 Å². The van der Waals surface area contributed by atoms with Gasteiger partial charge in [-0.05, 0) is 38.0 Å². The van der Waals surface area contributed by atoms with Crippen LogP contribution in [-0.2, 0) is 19.1 Å². The van der Waals surface area contributed by atoms with Crippen LogP contribution in [0.1, 0.15) is 31.9 Å². The standard InChI is InChI=1S/C20H25N3O4S/c1-4-27-19(25)17-13(2)21-20-23(10-5-11-28-20)18(17)14-6-8-15(9-7-14)22-16(24)12-26-3/h6-9,18H,4-5,10-12H2,1-3H3,(H,22,24). The molecule has 1 unspecified atom stereocenters. The van der Waals surface area contributed by atoms with Crippen LogP contribution in [0.2, 0.25) is 0 Å². The summed E-state index contributed by atoms with van der Waals surface area (Å²) in [5, 5.41) is 3.73. The van der Waals surface area contributed by atoms with Gasteiger partial charge < -0.3 is 19.7 Å². The predicted molar refractivity (Wildman–Crippen MR) is 110 cm³/mol. The number of anilines is 1. The van der Waals surface area contributed by atoms with Crippen molar-refractivity contribution in [2.75, 3.05) is 37.9 Å². The molecule has 1 atom stereocenters. The molecule has 0 bridgehead atoms. The van der Waals surface area contributed by atoms with Crippen LogP contribution in [0.5, 0.6) is 0 Å². The second-order valence-corrected chi connectivity index (χ2v) is 7.58. The summed E-state index contributed by atoms with van der Waals surface area (Å²) in [5.74, 6) is 0.479. The average Bonchev–Trinajstić information content (AvgIpc) is 2.68. The summed E-state index contributed by atoms with van der Waals surface area (Å²) in [7, 11) is 1.48. The number of esters is 1. The van der Waals surface area contributed by atoms with Gasteiger partial charge in [0.25, 0.3) is 0 Å². The molecule has 0 aliphatic carbocycles. The van der Waals surface area contributed by atoms with Gasteiger partial charge in [-0.25, -0.2) is 9.79 Å². The molecule has 2 aliphatic heterocycles. The van der Waals surface area contributed by atoms with E-state index in [2.05, 4.69) is 15.2 Å². The van der Waals surface area contributed by atoms with Gasteiger partial charge >= 0.3 is 5.97 Å². The van der Waals surface area contributed by atoms with Crippen LogP contribution >= 0.6 is 11.8 Å². The Balaban J connectivity index is 1.93. The number of nitrogens with zero attached hydrogens (tertiary/aromatic N) is 2. The number of methoxy groups -OCH3 is 1. The van der Waals surface area contributed by atoms with Gasteiger partial charge in [0.1, 0.15) is 6.61 Å². The Labute approximate surface area is 169 Å². The highest BCUT2D eigenvalue weighted by Gasteiger charge is 2.37. The summed E-state index contributed by atoms with van der Waals surface area (Å²) >= 11 is 1.71. The molecule has 0 saturated carbocycles. The lowest BCUT2D eigenvalue weighted by molar-refractivity contribution is -0.139. The molecule has 1 aromatic carbocycles. The van der Waals surface area contributed by atoms with Gasteiger partial charge in [0.2, 0.25) is 5.91 Å². The molecule has 8 heteroatoms. The molecular weight excluding hydrogens is 378 g/mol. The van der Waals surface area contributed by atoms with Gasteiger partial charge in [0.15, 0.2) is 5.17 Å². The number of amidine groups is 1. The lowest BCUT2D eigenvalue weighted by atomic mass is 9.94. The Morgan fingerprint density at radius 1 is 1.32 bits per heavy atom. The molecule has 2 aliphatic rings. The van der Waals surface area contributed by atoms with Crippen LogP contribution in [0.25, 0.3) is 0 Å². The summed E-state index contributed by atoms with van der Waals surface area (Å²) in [4.78, 5) is 31.2. The number of hydrogen-bond donors (Lipinski definition) is 1. The summed E-state index contributed by atoms with van der Waals surface area (Å²) in [5.41, 5.74) is 2.91. The first-order valence-corrected chi connectivity index (χ1v) is 10.3. The molecule has 7 nitrogen and oxygen atoms in total. The van der Waals surface area contributed by atoms with Gasteiger partial charge in [0, 0.05) is 25.1 Å². The van der Waals surface area contributed by atoms with E-state index in [1.54, 1.807) is 18.7 Å². The number of carbonyl (C=O) groups excluding carboxylic acids is 2. The van der Waals surface area contributed by atoms with Gasteiger partial charge in [-0.1, -0.05) is 23.9 Å². The number of thioether (sulfide) groups is 1. The van der Waals surface area contributed by atoms with E-state index in [0.717, 1.165) is 29.4 Å². The minimum absolute atomic E-state index is 0.00411. The van der Waals surface area contributed by atoms with Crippen molar-refractivity contribution < 1.29 is 19.1 Å². The number of ether oxygens (including phenoxy) is 2. The van der Waals surface area contributed by atoms with E-state index < -0.39 is 0 Å². The molecule has 28 heavy (non-hydrogen) atoms. The highest BCUT2D eigenvalue weighted by atomic mass is 32.2. The Hall–Kier alpha value is -2.32. The summed E-state index contributed by atoms with van der Waals surface area (Å²) in [6.45, 7) is 4.81. The van der Waals surface area contributed by atoms with Gasteiger partial charge in [-0.15, -0.1) is 0 Å². The van der Waals surface area contributed by atoms with Crippen molar-refractivity contribution in [2.45, 2.75) is 26.3 Å². The van der Waals surface area contributed by atoms with Crippen molar-refractivity contribution in [1.82, 2.24) is 4.90 Å². The highest BCUT2D eigenvalue weighted by molar-refractivity contribution is 8.13. The number of amides is 1. The number of hydrogen-bond acceptors (Lipinski definition) is 7. The first kappa shape index (κ1) is 20.4. The summed E-state index contributed by atoms with van der Waals surface area (Å²) in [6.07, 6.45) is 1.03. The number of aliphatic imine (C=N–C) groups is 1. The maximum atomic E-state index is 12.7. The predicted octanol–water partition coefficient (Wildman–Crippen LogP) is 2.96. The summed E-state index contributed by atoms with van der Waals surface area (Å²) < 4.78 is 10.2. The zero-order valence-electron chi connectivity index (χ0n) is 16.4. The third-order valence-electron chi connectivity index (χ3n) is 4.54. The highest BCUT2D eigenvalue weighted by Crippen LogP contribution is 2.40. The molecule has 0 aromatic heterocycles. The molecular formula is C20H25N3O4S. The van der Waals surface area contributed by atoms with Crippen molar-refractivity contribution in [3.05, 3.63) is 41.1 Å². The minimum atomic E-state index is -0.333. The number of nitrogens with one attached hydrogen (secondary N) is 1. The van der Waals surface area contributed by atoms with E-state index >= 15 is 0 Å². The lowest BCUT2D eigenvalue weighted by Gasteiger charge is -2.40. The topological polar surface area (TPSA) is 80.2 Å². The number of fused-ring (bicyclic) bond motifs is 1. The van der Waals surface area contributed by atoms with Crippen molar-refractivity contribution in [3.63, 3.8) is 0 Å². The summed E-state index contributed by atoms with van der Waals surface area (Å²) in [6, 6.07) is 7.29. The number of benzene rings is 1. The molecule has 2 heterocycles. The molecule has 1 saturated heterocycles. The van der Waals surface area contributed by atoms with E-state index in [0.29, 0.717) is 23.6 Å². The molecule has 0 radical (unpaired) electrons. The monoisotopic (exact) mass is 403 g/mol. The number of allylic oxidation sites excluding steroid dienone is 1. The third kappa shape index (κ3) is 4.39. The van der Waals surface area contributed by atoms with Gasteiger partial charge in [0.05, 0.1) is 23.9 Å². The van der Waals surface area contributed by atoms with E-state index in [1.165, 1.54) is 7.11 Å². The normalized spacial score (nSPS) is 19.0. The van der Waals surface area contributed by atoms with Crippen LogP contribution in [0.4, 0.5) is 5.69 Å². The van der Waals surface area contributed by atoms with Crippen molar-refractivity contribution >= 4 is 34.5 Å². The largest absolute Gasteiger partial charge is 0.463 e. The Bertz CT molecular complexity index is 804. The fraction of sp³-hybridized carbons (Fsp3) is 0.450. The fourth-order valence-corrected chi connectivity index (χ4v) is 4.38. The molecule has 3 rings (SSSR count). The van der Waals surface area contributed by atoms with E-state index in [1.807, 2.05) is 31.2 Å². The molecule has 1 aromatic rings. The lowest BCUT2D eigenvalue weighted by Crippen LogP contribution is -2.42. The second-order valence-electron chi connectivity index (χ2n) is 6.52. The molecule has 1 fully saturated rings. The smallest absolute Gasteiger partial charge is 0.338 e. The Morgan fingerprint density at radius 2 is 2.07 bits per heavy atom. The first-order valence-electron chi connectivity index (χ1n) is 9.30. The first-order chi connectivity index (χ1) is 13.5. The van der Waals surface area contributed by atoms with Crippen LogP contribution in [0.3, 0.4) is 0 Å². The molecule has 1 amide bonds. The van der Waals surface area contributed by atoms with Crippen LogP contribution in [0, 0.1) is 0 Å². The van der Waals surface area contributed by atoms with Crippen LogP contribution in [-0.4, -0.2) is 54.6 Å². The number of rotatable bonds is 6. The second kappa shape index (κ2) is 9.25. The number of carbonyl (C=O) groups is 2. The minimum Gasteiger partial charge on any atom is -0.463 e. The van der Waals surface area contributed by atoms with Crippen molar-refractivity contribution in [2.24, 2.45) is 4.99 Å². The maximum absolute atomic E-state index is 12.7. The van der Waals surface area contributed by atoms with E-state index in [-0.39, 0.29) is 24.5 Å². The molecule has 1 N–H and O–H groups in total. The van der Waals surface area contributed by atoms with Crippen LogP contribution in [0.15, 0.2) is 40.5 Å². The van der Waals surface area contributed by atoms with Crippen LogP contribution < -0.4 is 5.32 Å². The zero-order chi connectivity index (χ0) is 20.1. The average molecular weight is 404 g/mol. The molecule has 0 spiro atoms. The van der Waals surface area contributed by atoms with E-state index in [9.17, 15) is 9.59 Å². The zero-order valence-corrected chi connectivity index (χ0v) is 17.2. The van der Waals surface area contributed by atoms with Crippen molar-refractivity contribution in [3.8, 4) is 0 Å². The molecule has 150 valence electrons. The van der Waals surface area contributed by atoms with Crippen molar-refractivity contribution in [1.29, 1.82) is 0 Å². The third-order valence-corrected chi connectivity index (χ3v) is 5.62. The Kier molecular flexibility index (Phi) is 6.74. The van der Waals surface area contributed by atoms with Gasteiger partial charge in [-0.3, -0.25) is 4.79 Å².